The fourth-order valence-electron chi connectivity index (χ4n) is 2.16. The summed E-state index contributed by atoms with van der Waals surface area (Å²) in [4.78, 5) is 4.42. The number of halogens is 2. The van der Waals surface area contributed by atoms with Gasteiger partial charge < -0.3 is 4.74 Å². The third kappa shape index (κ3) is 2.20. The lowest BCUT2D eigenvalue weighted by molar-refractivity contribution is 0.419. The summed E-state index contributed by atoms with van der Waals surface area (Å²) >= 11 is 0. The number of hydrogen-bond donors (Lipinski definition) is 0. The maximum atomic E-state index is 13.3. The SMILES string of the molecule is COc1cc(-c2cc(F)cc(F)c2)nc2ccccc12. The molecule has 20 heavy (non-hydrogen) atoms. The molecule has 0 aliphatic rings. The molecule has 3 aromatic rings. The van der Waals surface area contributed by atoms with Gasteiger partial charge in [0.25, 0.3) is 0 Å². The number of fused-ring (bicyclic) bond motifs is 1. The van der Waals surface area contributed by atoms with Crippen molar-refractivity contribution in [1.29, 1.82) is 0 Å². The Morgan fingerprint density at radius 1 is 0.950 bits per heavy atom. The van der Waals surface area contributed by atoms with Gasteiger partial charge in [0.05, 0.1) is 18.3 Å². The van der Waals surface area contributed by atoms with Crippen LogP contribution in [0.4, 0.5) is 8.78 Å². The Balaban J connectivity index is 2.26. The Hall–Kier alpha value is -2.49. The van der Waals surface area contributed by atoms with Gasteiger partial charge >= 0.3 is 0 Å². The van der Waals surface area contributed by atoms with Crippen LogP contribution in [0.25, 0.3) is 22.2 Å². The van der Waals surface area contributed by atoms with E-state index in [2.05, 4.69) is 4.98 Å². The number of pyridine rings is 1. The first-order valence-corrected chi connectivity index (χ1v) is 6.07. The minimum absolute atomic E-state index is 0.381. The van der Waals surface area contributed by atoms with E-state index >= 15 is 0 Å². The zero-order valence-electron chi connectivity index (χ0n) is 10.7. The van der Waals surface area contributed by atoms with Crippen LogP contribution in [0.5, 0.6) is 5.75 Å². The van der Waals surface area contributed by atoms with E-state index in [1.165, 1.54) is 12.1 Å². The summed E-state index contributed by atoms with van der Waals surface area (Å²) in [7, 11) is 1.55. The van der Waals surface area contributed by atoms with Gasteiger partial charge in [-0.05, 0) is 24.3 Å². The average Bonchev–Trinajstić information content (AvgIpc) is 2.45. The minimum Gasteiger partial charge on any atom is -0.496 e. The van der Waals surface area contributed by atoms with Gasteiger partial charge in [-0.2, -0.15) is 0 Å². The molecule has 2 aromatic carbocycles. The molecule has 0 aliphatic carbocycles. The zero-order chi connectivity index (χ0) is 14.1. The van der Waals surface area contributed by atoms with Crippen LogP contribution in [-0.2, 0) is 0 Å². The Morgan fingerprint density at radius 3 is 2.35 bits per heavy atom. The molecule has 0 radical (unpaired) electrons. The van der Waals surface area contributed by atoms with Gasteiger partial charge in [-0.1, -0.05) is 12.1 Å². The number of para-hydroxylation sites is 1. The van der Waals surface area contributed by atoms with Gasteiger partial charge in [-0.3, -0.25) is 0 Å². The molecule has 0 N–H and O–H groups in total. The lowest BCUT2D eigenvalue weighted by Gasteiger charge is -2.09. The summed E-state index contributed by atoms with van der Waals surface area (Å²) in [6.45, 7) is 0. The molecule has 1 aromatic heterocycles. The van der Waals surface area contributed by atoms with Gasteiger partial charge in [0, 0.05) is 23.1 Å². The number of benzene rings is 2. The third-order valence-corrected chi connectivity index (χ3v) is 3.06. The van der Waals surface area contributed by atoms with E-state index in [1.54, 1.807) is 13.2 Å². The van der Waals surface area contributed by atoms with Crippen LogP contribution < -0.4 is 4.74 Å². The first-order valence-electron chi connectivity index (χ1n) is 6.07. The number of nitrogens with zero attached hydrogens (tertiary/aromatic N) is 1. The fraction of sp³-hybridized carbons (Fsp3) is 0.0625. The summed E-state index contributed by atoms with van der Waals surface area (Å²) in [5.74, 6) is -0.641. The molecular formula is C16H11F2NO. The second-order valence-electron chi connectivity index (χ2n) is 4.39. The normalized spacial score (nSPS) is 10.8. The number of ether oxygens (including phenoxy) is 1. The van der Waals surface area contributed by atoms with Crippen molar-refractivity contribution in [3.05, 3.63) is 60.2 Å². The smallest absolute Gasteiger partial charge is 0.130 e. The van der Waals surface area contributed by atoms with Crippen LogP contribution in [0, 0.1) is 11.6 Å². The van der Waals surface area contributed by atoms with E-state index in [9.17, 15) is 8.78 Å². The van der Waals surface area contributed by atoms with E-state index in [0.29, 0.717) is 22.5 Å². The summed E-state index contributed by atoms with van der Waals surface area (Å²) in [6.07, 6.45) is 0. The van der Waals surface area contributed by atoms with Crippen molar-refractivity contribution >= 4 is 10.9 Å². The quantitative estimate of drug-likeness (QED) is 0.697. The Labute approximate surface area is 114 Å². The van der Waals surface area contributed by atoms with E-state index in [0.717, 1.165) is 11.5 Å². The van der Waals surface area contributed by atoms with Crippen molar-refractivity contribution in [3.63, 3.8) is 0 Å². The molecule has 0 spiro atoms. The van der Waals surface area contributed by atoms with Crippen LogP contribution in [0.1, 0.15) is 0 Å². The molecule has 3 rings (SSSR count). The van der Waals surface area contributed by atoms with Crippen molar-refractivity contribution in [1.82, 2.24) is 4.98 Å². The molecule has 0 unspecified atom stereocenters. The molecule has 0 atom stereocenters. The molecule has 1 heterocycles. The minimum atomic E-state index is -0.631. The molecule has 0 aliphatic heterocycles. The maximum absolute atomic E-state index is 13.3. The highest BCUT2D eigenvalue weighted by molar-refractivity contribution is 5.87. The standard InChI is InChI=1S/C16H11F2NO/c1-20-16-9-15(10-6-11(17)8-12(18)7-10)19-14-5-3-2-4-13(14)16/h2-9H,1H3. The van der Waals surface area contributed by atoms with Crippen molar-refractivity contribution in [3.8, 4) is 17.0 Å². The predicted octanol–water partition coefficient (Wildman–Crippen LogP) is 4.19. The van der Waals surface area contributed by atoms with E-state index in [1.807, 2.05) is 24.3 Å². The molecule has 0 saturated heterocycles. The number of rotatable bonds is 2. The monoisotopic (exact) mass is 271 g/mol. The second-order valence-corrected chi connectivity index (χ2v) is 4.39. The fourth-order valence-corrected chi connectivity index (χ4v) is 2.16. The van der Waals surface area contributed by atoms with Crippen molar-refractivity contribution in [2.24, 2.45) is 0 Å². The lowest BCUT2D eigenvalue weighted by atomic mass is 10.1. The maximum Gasteiger partial charge on any atom is 0.130 e. The first-order chi connectivity index (χ1) is 9.67. The highest BCUT2D eigenvalue weighted by Gasteiger charge is 2.09. The predicted molar refractivity (Wildman–Crippen MR) is 73.6 cm³/mol. The first kappa shape index (κ1) is 12.5. The number of methoxy groups -OCH3 is 1. The van der Waals surface area contributed by atoms with Gasteiger partial charge in [-0.25, -0.2) is 13.8 Å². The molecular weight excluding hydrogens is 260 g/mol. The number of aromatic nitrogens is 1. The highest BCUT2D eigenvalue weighted by Crippen LogP contribution is 2.30. The number of hydrogen-bond acceptors (Lipinski definition) is 2. The van der Waals surface area contributed by atoms with Crippen LogP contribution in [0.2, 0.25) is 0 Å². The Morgan fingerprint density at radius 2 is 1.65 bits per heavy atom. The van der Waals surface area contributed by atoms with E-state index in [-0.39, 0.29) is 0 Å². The molecule has 2 nitrogen and oxygen atoms in total. The third-order valence-electron chi connectivity index (χ3n) is 3.06. The van der Waals surface area contributed by atoms with Gasteiger partial charge in [0.2, 0.25) is 0 Å². The largest absolute Gasteiger partial charge is 0.496 e. The van der Waals surface area contributed by atoms with Crippen molar-refractivity contribution < 1.29 is 13.5 Å². The van der Waals surface area contributed by atoms with Crippen LogP contribution in [-0.4, -0.2) is 12.1 Å². The van der Waals surface area contributed by atoms with Gasteiger partial charge in [0.15, 0.2) is 0 Å². The molecule has 0 amide bonds. The van der Waals surface area contributed by atoms with Crippen LogP contribution in [0.15, 0.2) is 48.5 Å². The molecule has 100 valence electrons. The van der Waals surface area contributed by atoms with Gasteiger partial charge in [-0.15, -0.1) is 0 Å². The topological polar surface area (TPSA) is 22.1 Å². The molecule has 0 saturated carbocycles. The lowest BCUT2D eigenvalue weighted by Crippen LogP contribution is -1.92. The van der Waals surface area contributed by atoms with Crippen molar-refractivity contribution in [2.45, 2.75) is 0 Å². The van der Waals surface area contributed by atoms with Crippen LogP contribution in [0.3, 0.4) is 0 Å². The summed E-state index contributed by atoms with van der Waals surface area (Å²) in [5, 5.41) is 0.857. The van der Waals surface area contributed by atoms with Crippen LogP contribution >= 0.6 is 0 Å². The Kier molecular flexibility index (Phi) is 3.06. The zero-order valence-corrected chi connectivity index (χ0v) is 10.7. The second kappa shape index (κ2) is 4.89. The molecule has 0 bridgehead atoms. The average molecular weight is 271 g/mol. The highest BCUT2D eigenvalue weighted by atomic mass is 19.1. The summed E-state index contributed by atoms with van der Waals surface area (Å²) in [6, 6.07) is 12.5. The Bertz CT molecular complexity index is 766. The summed E-state index contributed by atoms with van der Waals surface area (Å²) in [5.41, 5.74) is 1.57. The van der Waals surface area contributed by atoms with Gasteiger partial charge in [0.1, 0.15) is 17.4 Å². The molecule has 0 fully saturated rings. The van der Waals surface area contributed by atoms with Crippen molar-refractivity contribution in [2.75, 3.05) is 7.11 Å². The summed E-state index contributed by atoms with van der Waals surface area (Å²) < 4.78 is 31.9. The molecule has 4 heteroatoms. The van der Waals surface area contributed by atoms with E-state index < -0.39 is 11.6 Å². The van der Waals surface area contributed by atoms with E-state index in [4.69, 9.17) is 4.74 Å².